The van der Waals surface area contributed by atoms with Gasteiger partial charge in [-0.15, -0.1) is 0 Å². The summed E-state index contributed by atoms with van der Waals surface area (Å²) in [5.74, 6) is 4.74. The zero-order valence-electron chi connectivity index (χ0n) is 15.3. The van der Waals surface area contributed by atoms with Crippen LogP contribution in [0.3, 0.4) is 0 Å². The number of nitrogens with zero attached hydrogens (tertiary/aromatic N) is 1. The van der Waals surface area contributed by atoms with E-state index in [1.54, 1.807) is 12.1 Å². The van der Waals surface area contributed by atoms with Crippen LogP contribution in [0, 0.1) is 18.8 Å². The molecule has 27 heavy (non-hydrogen) atoms. The van der Waals surface area contributed by atoms with Gasteiger partial charge < -0.3 is 9.84 Å². The molecular formula is C20H21NO5S. The highest BCUT2D eigenvalue weighted by Crippen LogP contribution is 2.19. The summed E-state index contributed by atoms with van der Waals surface area (Å²) in [6, 6.07) is 12.5. The molecule has 0 amide bonds. The average Bonchev–Trinajstić information content (AvgIpc) is 2.65. The van der Waals surface area contributed by atoms with E-state index >= 15 is 0 Å². The van der Waals surface area contributed by atoms with Crippen LogP contribution in [0.15, 0.2) is 53.4 Å². The predicted octanol–water partition coefficient (Wildman–Crippen LogP) is 2.46. The number of carbonyl (C=O) groups is 1. The van der Waals surface area contributed by atoms with Crippen LogP contribution in [0.25, 0.3) is 0 Å². The molecule has 2 rings (SSSR count). The lowest BCUT2D eigenvalue weighted by Crippen LogP contribution is -2.44. The highest BCUT2D eigenvalue weighted by Gasteiger charge is 2.32. The van der Waals surface area contributed by atoms with Gasteiger partial charge in [0.25, 0.3) is 0 Å². The molecule has 142 valence electrons. The van der Waals surface area contributed by atoms with Gasteiger partial charge in [-0.1, -0.05) is 29.5 Å². The van der Waals surface area contributed by atoms with Crippen LogP contribution in [0.4, 0.5) is 0 Å². The maximum absolute atomic E-state index is 12.7. The zero-order chi connectivity index (χ0) is 20.0. The second kappa shape index (κ2) is 8.82. The molecule has 0 unspecified atom stereocenters. The molecule has 2 aromatic carbocycles. The van der Waals surface area contributed by atoms with Gasteiger partial charge in [0.05, 0.1) is 4.90 Å². The van der Waals surface area contributed by atoms with Crippen LogP contribution in [0.1, 0.15) is 23.6 Å². The smallest absolute Gasteiger partial charge is 0.321 e. The molecule has 1 atom stereocenters. The van der Waals surface area contributed by atoms with Gasteiger partial charge in [0.2, 0.25) is 10.0 Å². The molecule has 7 heteroatoms. The van der Waals surface area contributed by atoms with Gasteiger partial charge in [-0.3, -0.25) is 4.79 Å². The summed E-state index contributed by atoms with van der Waals surface area (Å²) >= 11 is 0. The van der Waals surface area contributed by atoms with Crippen molar-refractivity contribution in [3.05, 3.63) is 65.2 Å². The number of carboxylic acids is 1. The molecular weight excluding hydrogens is 366 g/mol. The number of rotatable bonds is 6. The molecule has 6 nitrogen and oxygen atoms in total. The lowest BCUT2D eigenvalue weighted by atomic mass is 10.1. The van der Waals surface area contributed by atoms with E-state index in [4.69, 9.17) is 9.84 Å². The number of hydrogen-bond acceptors (Lipinski definition) is 4. The molecule has 2 aromatic rings. The van der Waals surface area contributed by atoms with Crippen molar-refractivity contribution in [1.29, 1.82) is 0 Å². The standard InChI is InChI=1S/C20H21NO5S/c1-15-4-6-17(7-5-15)8-9-18-10-12-19(13-11-18)27(24,25)21(14-26-3)16(2)20(22)23/h4-7,10-13,16H,14H2,1-3H3,(H,22,23)/t16-/m1/s1. The summed E-state index contributed by atoms with van der Waals surface area (Å²) in [5, 5.41) is 9.15. The minimum absolute atomic E-state index is 0.0199. The van der Waals surface area contributed by atoms with Gasteiger partial charge in [-0.25, -0.2) is 8.42 Å². The number of aryl methyl sites for hydroxylation is 1. The highest BCUT2D eigenvalue weighted by atomic mass is 32.2. The van der Waals surface area contributed by atoms with E-state index in [9.17, 15) is 13.2 Å². The number of sulfonamides is 1. The van der Waals surface area contributed by atoms with Gasteiger partial charge in [-0.2, -0.15) is 4.31 Å². The highest BCUT2D eigenvalue weighted by molar-refractivity contribution is 7.89. The Morgan fingerprint density at radius 1 is 1.07 bits per heavy atom. The van der Waals surface area contributed by atoms with Crippen LogP contribution < -0.4 is 0 Å². The van der Waals surface area contributed by atoms with Crippen molar-refractivity contribution >= 4 is 16.0 Å². The molecule has 0 radical (unpaired) electrons. The third-order valence-corrected chi connectivity index (χ3v) is 5.82. The second-order valence-electron chi connectivity index (χ2n) is 5.96. The minimum atomic E-state index is -4.02. The molecule has 0 aliphatic heterocycles. The maximum atomic E-state index is 12.7. The number of carboxylic acid groups (broad SMARTS) is 1. The molecule has 0 aliphatic rings. The van der Waals surface area contributed by atoms with Crippen LogP contribution in [0.5, 0.6) is 0 Å². The van der Waals surface area contributed by atoms with Crippen molar-refractivity contribution in [2.75, 3.05) is 13.8 Å². The average molecular weight is 387 g/mol. The van der Waals surface area contributed by atoms with Crippen molar-refractivity contribution < 1.29 is 23.1 Å². The van der Waals surface area contributed by atoms with Crippen LogP contribution >= 0.6 is 0 Å². The van der Waals surface area contributed by atoms with Crippen molar-refractivity contribution in [3.8, 4) is 11.8 Å². The summed E-state index contributed by atoms with van der Waals surface area (Å²) in [4.78, 5) is 11.2. The first-order valence-electron chi connectivity index (χ1n) is 8.18. The molecule has 0 aliphatic carbocycles. The SMILES string of the molecule is COCN([C@H](C)C(=O)O)S(=O)(=O)c1ccc(C#Cc2ccc(C)cc2)cc1. The first kappa shape index (κ1) is 20.6. The van der Waals surface area contributed by atoms with Crippen LogP contribution in [-0.2, 0) is 19.6 Å². The first-order valence-corrected chi connectivity index (χ1v) is 9.62. The fraction of sp³-hybridized carbons (Fsp3) is 0.250. The molecule has 1 N–H and O–H groups in total. The monoisotopic (exact) mass is 387 g/mol. The Bertz CT molecular complexity index is 954. The second-order valence-corrected chi connectivity index (χ2v) is 7.86. The normalized spacial score (nSPS) is 12.3. The number of hydrogen-bond donors (Lipinski definition) is 1. The van der Waals surface area contributed by atoms with E-state index < -0.39 is 22.0 Å². The van der Waals surface area contributed by atoms with Crippen molar-refractivity contribution in [2.45, 2.75) is 24.8 Å². The minimum Gasteiger partial charge on any atom is -0.480 e. The third-order valence-electron chi connectivity index (χ3n) is 3.91. The largest absolute Gasteiger partial charge is 0.480 e. The first-order chi connectivity index (χ1) is 12.8. The number of aliphatic carboxylic acids is 1. The molecule has 0 aromatic heterocycles. The Labute approximate surface area is 159 Å². The zero-order valence-corrected chi connectivity index (χ0v) is 16.2. The number of benzene rings is 2. The Balaban J connectivity index is 2.27. The fourth-order valence-electron chi connectivity index (χ4n) is 2.27. The Kier molecular flexibility index (Phi) is 6.75. The summed E-state index contributed by atoms with van der Waals surface area (Å²) < 4.78 is 31.1. The summed E-state index contributed by atoms with van der Waals surface area (Å²) in [6.07, 6.45) is 0. The van der Waals surface area contributed by atoms with E-state index in [1.807, 2.05) is 31.2 Å². The van der Waals surface area contributed by atoms with Crippen molar-refractivity contribution in [3.63, 3.8) is 0 Å². The number of ether oxygens (including phenoxy) is 1. The van der Waals surface area contributed by atoms with Gasteiger partial charge in [0.15, 0.2) is 0 Å². The quantitative estimate of drug-likeness (QED) is 0.608. The van der Waals surface area contributed by atoms with Gasteiger partial charge in [0, 0.05) is 18.2 Å². The lowest BCUT2D eigenvalue weighted by Gasteiger charge is -2.24. The Morgan fingerprint density at radius 3 is 2.00 bits per heavy atom. The van der Waals surface area contributed by atoms with Gasteiger partial charge >= 0.3 is 5.97 Å². The maximum Gasteiger partial charge on any atom is 0.321 e. The van der Waals surface area contributed by atoms with E-state index in [0.717, 1.165) is 15.4 Å². The van der Waals surface area contributed by atoms with Crippen molar-refractivity contribution in [1.82, 2.24) is 4.31 Å². The van der Waals surface area contributed by atoms with E-state index in [-0.39, 0.29) is 11.6 Å². The van der Waals surface area contributed by atoms with E-state index in [2.05, 4.69) is 11.8 Å². The van der Waals surface area contributed by atoms with Gasteiger partial charge in [-0.05, 0) is 50.2 Å². The predicted molar refractivity (Wildman–Crippen MR) is 102 cm³/mol. The van der Waals surface area contributed by atoms with E-state index in [1.165, 1.54) is 26.2 Å². The fourth-order valence-corrected chi connectivity index (χ4v) is 3.77. The molecule has 0 fully saturated rings. The Morgan fingerprint density at radius 2 is 1.56 bits per heavy atom. The molecule has 0 heterocycles. The summed E-state index contributed by atoms with van der Waals surface area (Å²) in [6.45, 7) is 2.93. The molecule has 0 saturated carbocycles. The lowest BCUT2D eigenvalue weighted by molar-refractivity contribution is -0.142. The van der Waals surface area contributed by atoms with Crippen LogP contribution in [0.2, 0.25) is 0 Å². The van der Waals surface area contributed by atoms with E-state index in [0.29, 0.717) is 5.56 Å². The van der Waals surface area contributed by atoms with Gasteiger partial charge in [0.1, 0.15) is 12.8 Å². The molecule has 0 bridgehead atoms. The summed E-state index contributed by atoms with van der Waals surface area (Å²) in [7, 11) is -2.71. The third kappa shape index (κ3) is 5.17. The van der Waals surface area contributed by atoms with Crippen LogP contribution in [-0.4, -0.2) is 43.7 Å². The molecule has 0 spiro atoms. The van der Waals surface area contributed by atoms with Crippen molar-refractivity contribution in [2.24, 2.45) is 0 Å². The summed E-state index contributed by atoms with van der Waals surface area (Å²) in [5.41, 5.74) is 2.66. The molecule has 0 saturated heterocycles. The Hall–Kier alpha value is -2.66. The number of methoxy groups -OCH3 is 1. The topological polar surface area (TPSA) is 83.9 Å².